The molecule has 0 aliphatic rings. The van der Waals surface area contributed by atoms with Crippen molar-refractivity contribution >= 4 is 0 Å². The summed E-state index contributed by atoms with van der Waals surface area (Å²) in [6, 6.07) is 5.05. The SMILES string of the molecule is CNC(C)c1ccc(Oc2ncn(C)n2)c(F)c1. The summed E-state index contributed by atoms with van der Waals surface area (Å²) in [4.78, 5) is 3.88. The number of aryl methyl sites for hydroxylation is 1. The lowest BCUT2D eigenvalue weighted by molar-refractivity contribution is 0.408. The van der Waals surface area contributed by atoms with E-state index in [0.29, 0.717) is 0 Å². The summed E-state index contributed by atoms with van der Waals surface area (Å²) >= 11 is 0. The third-order valence-corrected chi connectivity index (χ3v) is 2.67. The molecule has 0 saturated heterocycles. The molecule has 96 valence electrons. The van der Waals surface area contributed by atoms with E-state index in [2.05, 4.69) is 15.4 Å². The number of aromatic nitrogens is 3. The molecular formula is C12H15FN4O. The Hall–Kier alpha value is -1.95. The minimum atomic E-state index is -0.429. The topological polar surface area (TPSA) is 52.0 Å². The van der Waals surface area contributed by atoms with E-state index in [1.807, 2.05) is 20.0 Å². The summed E-state index contributed by atoms with van der Waals surface area (Å²) in [5.41, 5.74) is 0.858. The van der Waals surface area contributed by atoms with Gasteiger partial charge in [0.1, 0.15) is 6.33 Å². The van der Waals surface area contributed by atoms with Crippen molar-refractivity contribution in [2.24, 2.45) is 7.05 Å². The second-order valence-corrected chi connectivity index (χ2v) is 4.00. The van der Waals surface area contributed by atoms with Gasteiger partial charge >= 0.3 is 6.01 Å². The molecule has 1 N–H and O–H groups in total. The Morgan fingerprint density at radius 3 is 2.78 bits per heavy atom. The second-order valence-electron chi connectivity index (χ2n) is 4.00. The zero-order valence-electron chi connectivity index (χ0n) is 10.5. The Morgan fingerprint density at radius 1 is 1.44 bits per heavy atom. The fraction of sp³-hybridized carbons (Fsp3) is 0.333. The molecule has 1 aromatic carbocycles. The van der Waals surface area contributed by atoms with Gasteiger partial charge in [0.25, 0.3) is 0 Å². The van der Waals surface area contributed by atoms with Gasteiger partial charge in [-0.05, 0) is 31.7 Å². The van der Waals surface area contributed by atoms with Crippen molar-refractivity contribution in [1.82, 2.24) is 20.1 Å². The maximum Gasteiger partial charge on any atom is 0.341 e. The van der Waals surface area contributed by atoms with Gasteiger partial charge in [0.2, 0.25) is 0 Å². The van der Waals surface area contributed by atoms with Crippen LogP contribution in [-0.2, 0) is 7.05 Å². The van der Waals surface area contributed by atoms with Crippen LogP contribution in [0.25, 0.3) is 0 Å². The van der Waals surface area contributed by atoms with Crippen molar-refractivity contribution in [2.75, 3.05) is 7.05 Å². The highest BCUT2D eigenvalue weighted by Gasteiger charge is 2.11. The van der Waals surface area contributed by atoms with Crippen molar-refractivity contribution in [1.29, 1.82) is 0 Å². The monoisotopic (exact) mass is 250 g/mol. The average molecular weight is 250 g/mol. The molecule has 1 unspecified atom stereocenters. The number of hydrogen-bond acceptors (Lipinski definition) is 4. The van der Waals surface area contributed by atoms with E-state index >= 15 is 0 Å². The summed E-state index contributed by atoms with van der Waals surface area (Å²) in [6.45, 7) is 1.95. The highest BCUT2D eigenvalue weighted by Crippen LogP contribution is 2.24. The number of halogens is 1. The minimum absolute atomic E-state index is 0.0847. The zero-order valence-corrected chi connectivity index (χ0v) is 10.5. The third-order valence-electron chi connectivity index (χ3n) is 2.67. The number of nitrogens with one attached hydrogen (secondary N) is 1. The Bertz CT molecular complexity index is 541. The molecule has 0 radical (unpaired) electrons. The fourth-order valence-electron chi connectivity index (χ4n) is 1.50. The quantitative estimate of drug-likeness (QED) is 0.902. The molecule has 0 saturated carbocycles. The molecule has 18 heavy (non-hydrogen) atoms. The maximum atomic E-state index is 13.8. The third kappa shape index (κ3) is 2.65. The number of hydrogen-bond donors (Lipinski definition) is 1. The van der Waals surface area contributed by atoms with Crippen LogP contribution in [0.2, 0.25) is 0 Å². The van der Waals surface area contributed by atoms with Crippen LogP contribution in [0.4, 0.5) is 4.39 Å². The second kappa shape index (κ2) is 5.14. The average Bonchev–Trinajstić information content (AvgIpc) is 2.76. The van der Waals surface area contributed by atoms with E-state index in [1.165, 1.54) is 17.1 Å². The normalized spacial score (nSPS) is 12.4. The van der Waals surface area contributed by atoms with E-state index in [9.17, 15) is 4.39 Å². The molecule has 1 atom stereocenters. The van der Waals surface area contributed by atoms with Crippen LogP contribution in [0.5, 0.6) is 11.8 Å². The molecule has 0 bridgehead atoms. The van der Waals surface area contributed by atoms with Crippen molar-refractivity contribution in [3.05, 3.63) is 35.9 Å². The smallest absolute Gasteiger partial charge is 0.341 e. The summed E-state index contributed by atoms with van der Waals surface area (Å²) in [6.07, 6.45) is 1.49. The van der Waals surface area contributed by atoms with E-state index in [1.54, 1.807) is 13.1 Å². The summed E-state index contributed by atoms with van der Waals surface area (Å²) in [7, 11) is 3.54. The molecule has 0 spiro atoms. The Morgan fingerprint density at radius 2 is 2.22 bits per heavy atom. The molecular weight excluding hydrogens is 235 g/mol. The van der Waals surface area contributed by atoms with Gasteiger partial charge in [0.15, 0.2) is 11.6 Å². The van der Waals surface area contributed by atoms with Crippen LogP contribution < -0.4 is 10.1 Å². The Balaban J connectivity index is 2.19. The van der Waals surface area contributed by atoms with Gasteiger partial charge < -0.3 is 10.1 Å². The van der Waals surface area contributed by atoms with E-state index < -0.39 is 5.82 Å². The lowest BCUT2D eigenvalue weighted by atomic mass is 10.1. The molecule has 1 aromatic heterocycles. The maximum absolute atomic E-state index is 13.8. The van der Waals surface area contributed by atoms with Crippen molar-refractivity contribution in [2.45, 2.75) is 13.0 Å². The number of rotatable bonds is 4. The van der Waals surface area contributed by atoms with Crippen LogP contribution in [0.1, 0.15) is 18.5 Å². The van der Waals surface area contributed by atoms with Crippen molar-refractivity contribution in [3.8, 4) is 11.8 Å². The molecule has 0 aliphatic heterocycles. The first kappa shape index (κ1) is 12.5. The molecule has 6 heteroatoms. The molecule has 1 heterocycles. The molecule has 2 aromatic rings. The first-order chi connectivity index (χ1) is 8.60. The number of nitrogens with zero attached hydrogens (tertiary/aromatic N) is 3. The van der Waals surface area contributed by atoms with Crippen LogP contribution >= 0.6 is 0 Å². The number of benzene rings is 1. The molecule has 0 aliphatic carbocycles. The van der Waals surface area contributed by atoms with E-state index in [-0.39, 0.29) is 17.8 Å². The fourth-order valence-corrected chi connectivity index (χ4v) is 1.50. The van der Waals surface area contributed by atoms with E-state index in [4.69, 9.17) is 4.74 Å². The molecule has 2 rings (SSSR count). The molecule has 5 nitrogen and oxygen atoms in total. The van der Waals surface area contributed by atoms with Crippen LogP contribution in [0.15, 0.2) is 24.5 Å². The first-order valence-corrected chi connectivity index (χ1v) is 5.60. The highest BCUT2D eigenvalue weighted by molar-refractivity contribution is 5.32. The van der Waals surface area contributed by atoms with Crippen LogP contribution in [0.3, 0.4) is 0 Å². The molecule has 0 fully saturated rings. The van der Waals surface area contributed by atoms with Gasteiger partial charge in [-0.25, -0.2) is 4.39 Å². The molecule has 0 amide bonds. The number of ether oxygens (including phenoxy) is 1. The standard InChI is InChI=1S/C12H15FN4O/c1-8(14-2)9-4-5-11(10(13)6-9)18-12-15-7-17(3)16-12/h4-8,14H,1-3H3. The predicted molar refractivity (Wildman–Crippen MR) is 65.0 cm³/mol. The zero-order chi connectivity index (χ0) is 13.1. The first-order valence-electron chi connectivity index (χ1n) is 5.60. The van der Waals surface area contributed by atoms with Gasteiger partial charge in [0, 0.05) is 13.1 Å². The highest BCUT2D eigenvalue weighted by atomic mass is 19.1. The summed E-state index contributed by atoms with van der Waals surface area (Å²) < 4.78 is 20.6. The van der Waals surface area contributed by atoms with Gasteiger partial charge in [-0.2, -0.15) is 4.98 Å². The van der Waals surface area contributed by atoms with Gasteiger partial charge in [-0.15, -0.1) is 5.10 Å². The van der Waals surface area contributed by atoms with Gasteiger partial charge in [0.05, 0.1) is 0 Å². The lowest BCUT2D eigenvalue weighted by Gasteiger charge is -2.11. The largest absolute Gasteiger partial charge is 0.420 e. The van der Waals surface area contributed by atoms with Crippen LogP contribution in [0, 0.1) is 5.82 Å². The van der Waals surface area contributed by atoms with Gasteiger partial charge in [-0.1, -0.05) is 6.07 Å². The van der Waals surface area contributed by atoms with Crippen molar-refractivity contribution in [3.63, 3.8) is 0 Å². The van der Waals surface area contributed by atoms with Crippen LogP contribution in [-0.4, -0.2) is 21.8 Å². The predicted octanol–water partition coefficient (Wildman–Crippen LogP) is 2.03. The van der Waals surface area contributed by atoms with Gasteiger partial charge in [-0.3, -0.25) is 4.68 Å². The summed E-state index contributed by atoms with van der Waals surface area (Å²) in [5.74, 6) is -0.310. The Labute approximate surface area is 105 Å². The van der Waals surface area contributed by atoms with E-state index in [0.717, 1.165) is 5.56 Å². The lowest BCUT2D eigenvalue weighted by Crippen LogP contribution is -2.12. The summed E-state index contributed by atoms with van der Waals surface area (Å²) in [5, 5.41) is 6.97. The minimum Gasteiger partial charge on any atom is -0.420 e. The Kier molecular flexibility index (Phi) is 3.57. The van der Waals surface area contributed by atoms with Crippen molar-refractivity contribution < 1.29 is 9.13 Å².